The zero-order valence-electron chi connectivity index (χ0n) is 8.15. The van der Waals surface area contributed by atoms with Crippen molar-refractivity contribution in [3.8, 4) is 0 Å². The van der Waals surface area contributed by atoms with E-state index in [2.05, 4.69) is 17.1 Å². The lowest BCUT2D eigenvalue weighted by atomic mass is 10.3. The Labute approximate surface area is 77.3 Å². The molecular formula is C9H14N2O2. The van der Waals surface area contributed by atoms with Gasteiger partial charge < -0.3 is 9.26 Å². The standard InChI is InChI=1S/C9H14N2O2/c1-5-4-7(5)8-10-9(13-11-8)6(2)12-3/h5-7H,4H2,1-3H3. The first kappa shape index (κ1) is 8.69. The minimum Gasteiger partial charge on any atom is -0.372 e. The van der Waals surface area contributed by atoms with Gasteiger partial charge in [-0.1, -0.05) is 12.1 Å². The van der Waals surface area contributed by atoms with Gasteiger partial charge in [-0.3, -0.25) is 0 Å². The van der Waals surface area contributed by atoms with Crippen molar-refractivity contribution >= 4 is 0 Å². The third-order valence-electron chi connectivity index (χ3n) is 2.60. The van der Waals surface area contributed by atoms with E-state index in [1.165, 1.54) is 6.42 Å². The van der Waals surface area contributed by atoms with Crippen molar-refractivity contribution in [3.05, 3.63) is 11.7 Å². The molecule has 13 heavy (non-hydrogen) atoms. The topological polar surface area (TPSA) is 48.2 Å². The number of hydrogen-bond donors (Lipinski definition) is 0. The molecule has 0 aliphatic heterocycles. The van der Waals surface area contributed by atoms with Gasteiger partial charge >= 0.3 is 0 Å². The van der Waals surface area contributed by atoms with Gasteiger partial charge in [0.25, 0.3) is 5.89 Å². The Kier molecular flexibility index (Phi) is 2.07. The van der Waals surface area contributed by atoms with E-state index in [1.54, 1.807) is 7.11 Å². The van der Waals surface area contributed by atoms with Gasteiger partial charge in [0.05, 0.1) is 0 Å². The summed E-state index contributed by atoms with van der Waals surface area (Å²) in [6.45, 7) is 4.09. The highest BCUT2D eigenvalue weighted by Crippen LogP contribution is 2.45. The lowest BCUT2D eigenvalue weighted by molar-refractivity contribution is 0.0886. The lowest BCUT2D eigenvalue weighted by Gasteiger charge is -2.00. The maximum atomic E-state index is 5.08. The monoisotopic (exact) mass is 182 g/mol. The smallest absolute Gasteiger partial charge is 0.255 e. The van der Waals surface area contributed by atoms with Gasteiger partial charge in [-0.2, -0.15) is 4.98 Å². The highest BCUT2D eigenvalue weighted by Gasteiger charge is 2.38. The molecule has 3 atom stereocenters. The highest BCUT2D eigenvalue weighted by molar-refractivity contribution is 5.07. The normalized spacial score (nSPS) is 28.8. The summed E-state index contributed by atoms with van der Waals surface area (Å²) in [5.74, 6) is 2.65. The fraction of sp³-hybridized carbons (Fsp3) is 0.778. The number of methoxy groups -OCH3 is 1. The van der Waals surface area contributed by atoms with Gasteiger partial charge in [0.1, 0.15) is 6.10 Å². The summed E-state index contributed by atoms with van der Waals surface area (Å²) in [5.41, 5.74) is 0. The molecule has 1 heterocycles. The van der Waals surface area contributed by atoms with Crippen LogP contribution in [0.4, 0.5) is 0 Å². The molecule has 0 amide bonds. The van der Waals surface area contributed by atoms with Gasteiger partial charge in [0.15, 0.2) is 5.82 Å². The molecule has 4 nitrogen and oxygen atoms in total. The van der Waals surface area contributed by atoms with Crippen LogP contribution in [0, 0.1) is 5.92 Å². The molecule has 0 saturated heterocycles. The zero-order chi connectivity index (χ0) is 9.42. The summed E-state index contributed by atoms with van der Waals surface area (Å²) in [5, 5.41) is 3.93. The van der Waals surface area contributed by atoms with E-state index in [0.717, 1.165) is 5.82 Å². The molecule has 1 aromatic heterocycles. The predicted octanol–water partition coefficient (Wildman–Crippen LogP) is 1.90. The molecule has 1 aliphatic carbocycles. The van der Waals surface area contributed by atoms with Crippen LogP contribution in [-0.2, 0) is 4.74 Å². The van der Waals surface area contributed by atoms with Gasteiger partial charge in [-0.15, -0.1) is 0 Å². The van der Waals surface area contributed by atoms with Crippen LogP contribution in [0.3, 0.4) is 0 Å². The molecule has 72 valence electrons. The van der Waals surface area contributed by atoms with Crippen molar-refractivity contribution in [3.63, 3.8) is 0 Å². The van der Waals surface area contributed by atoms with Gasteiger partial charge in [0.2, 0.25) is 0 Å². The molecule has 0 radical (unpaired) electrons. The number of ether oxygens (including phenoxy) is 1. The molecule has 4 heteroatoms. The van der Waals surface area contributed by atoms with Crippen molar-refractivity contribution in [2.24, 2.45) is 5.92 Å². The van der Waals surface area contributed by atoms with E-state index in [0.29, 0.717) is 17.7 Å². The Hall–Kier alpha value is -0.900. The molecule has 0 aromatic carbocycles. The summed E-state index contributed by atoms with van der Waals surface area (Å²) in [6.07, 6.45) is 1.08. The van der Waals surface area contributed by atoms with E-state index in [1.807, 2.05) is 6.92 Å². The first-order valence-corrected chi connectivity index (χ1v) is 4.58. The molecule has 1 aliphatic rings. The molecule has 3 unspecified atom stereocenters. The van der Waals surface area contributed by atoms with Gasteiger partial charge in [0, 0.05) is 13.0 Å². The van der Waals surface area contributed by atoms with Crippen molar-refractivity contribution in [2.45, 2.75) is 32.3 Å². The minimum atomic E-state index is -0.102. The second-order valence-electron chi connectivity index (χ2n) is 3.69. The number of aromatic nitrogens is 2. The van der Waals surface area contributed by atoms with E-state index in [-0.39, 0.29) is 6.10 Å². The third kappa shape index (κ3) is 1.58. The number of rotatable bonds is 3. The molecular weight excluding hydrogens is 168 g/mol. The van der Waals surface area contributed by atoms with Gasteiger partial charge in [-0.05, 0) is 19.3 Å². The van der Waals surface area contributed by atoms with Crippen LogP contribution >= 0.6 is 0 Å². The molecule has 0 bridgehead atoms. The number of nitrogens with zero attached hydrogens (tertiary/aromatic N) is 2. The SMILES string of the molecule is COC(C)c1nc(C2CC2C)no1. The summed E-state index contributed by atoms with van der Waals surface area (Å²) >= 11 is 0. The van der Waals surface area contributed by atoms with Crippen LogP contribution in [0.25, 0.3) is 0 Å². The molecule has 0 N–H and O–H groups in total. The first-order valence-electron chi connectivity index (χ1n) is 4.58. The average Bonchev–Trinajstić information content (AvgIpc) is 2.70. The van der Waals surface area contributed by atoms with Crippen molar-refractivity contribution in [2.75, 3.05) is 7.11 Å². The van der Waals surface area contributed by atoms with Gasteiger partial charge in [-0.25, -0.2) is 0 Å². The predicted molar refractivity (Wildman–Crippen MR) is 46.2 cm³/mol. The van der Waals surface area contributed by atoms with E-state index >= 15 is 0 Å². The zero-order valence-corrected chi connectivity index (χ0v) is 8.15. The highest BCUT2D eigenvalue weighted by atomic mass is 16.5. The van der Waals surface area contributed by atoms with Crippen molar-refractivity contribution < 1.29 is 9.26 Å². The van der Waals surface area contributed by atoms with Crippen LogP contribution in [0.15, 0.2) is 4.52 Å². The van der Waals surface area contributed by atoms with Crippen LogP contribution < -0.4 is 0 Å². The van der Waals surface area contributed by atoms with E-state index < -0.39 is 0 Å². The lowest BCUT2D eigenvalue weighted by Crippen LogP contribution is -1.96. The summed E-state index contributed by atoms with van der Waals surface area (Å²) in [4.78, 5) is 4.29. The molecule has 0 spiro atoms. The van der Waals surface area contributed by atoms with Crippen LogP contribution in [0.2, 0.25) is 0 Å². The fourth-order valence-electron chi connectivity index (χ4n) is 1.35. The Morgan fingerprint density at radius 3 is 2.85 bits per heavy atom. The van der Waals surface area contributed by atoms with E-state index in [9.17, 15) is 0 Å². The first-order chi connectivity index (χ1) is 6.22. The minimum absolute atomic E-state index is 0.102. The Morgan fingerprint density at radius 2 is 2.31 bits per heavy atom. The van der Waals surface area contributed by atoms with E-state index in [4.69, 9.17) is 9.26 Å². The molecule has 1 fully saturated rings. The maximum Gasteiger partial charge on any atom is 0.255 e. The Bertz CT molecular complexity index is 279. The Morgan fingerprint density at radius 1 is 1.62 bits per heavy atom. The molecule has 1 saturated carbocycles. The summed E-state index contributed by atoms with van der Waals surface area (Å²) in [6, 6.07) is 0. The van der Waals surface area contributed by atoms with Crippen LogP contribution in [0.5, 0.6) is 0 Å². The summed E-state index contributed by atoms with van der Waals surface area (Å²) < 4.78 is 10.2. The molecule has 1 aromatic rings. The van der Waals surface area contributed by atoms with Crippen molar-refractivity contribution in [1.29, 1.82) is 0 Å². The quantitative estimate of drug-likeness (QED) is 0.716. The average molecular weight is 182 g/mol. The third-order valence-corrected chi connectivity index (χ3v) is 2.60. The van der Waals surface area contributed by atoms with Crippen LogP contribution in [0.1, 0.15) is 44.0 Å². The largest absolute Gasteiger partial charge is 0.372 e. The van der Waals surface area contributed by atoms with Crippen LogP contribution in [-0.4, -0.2) is 17.3 Å². The van der Waals surface area contributed by atoms with Crippen molar-refractivity contribution in [1.82, 2.24) is 10.1 Å². The second kappa shape index (κ2) is 3.10. The Balaban J connectivity index is 2.09. The second-order valence-corrected chi connectivity index (χ2v) is 3.69. The molecule has 2 rings (SSSR count). The summed E-state index contributed by atoms with van der Waals surface area (Å²) in [7, 11) is 1.63. The number of hydrogen-bond acceptors (Lipinski definition) is 4. The fourth-order valence-corrected chi connectivity index (χ4v) is 1.35. The maximum absolute atomic E-state index is 5.08.